The number of likely N-dealkylation sites (N-methyl/N-ethyl adjacent to an activating group) is 1. The van der Waals surface area contributed by atoms with Crippen LogP contribution in [0.15, 0.2) is 30.3 Å². The molecule has 0 spiro atoms. The molecular weight excluding hydrogens is 464 g/mol. The van der Waals surface area contributed by atoms with Crippen molar-refractivity contribution >= 4 is 49.9 Å². The van der Waals surface area contributed by atoms with Crippen LogP contribution in [0.25, 0.3) is 10.2 Å². The molecule has 0 bridgehead atoms. The maximum Gasteiger partial charge on any atom is 0.279 e. The van der Waals surface area contributed by atoms with Gasteiger partial charge in [-0.05, 0) is 32.2 Å². The van der Waals surface area contributed by atoms with Crippen LogP contribution in [0.2, 0.25) is 0 Å². The van der Waals surface area contributed by atoms with E-state index in [1.807, 2.05) is 7.05 Å². The van der Waals surface area contributed by atoms with Crippen molar-refractivity contribution in [1.29, 1.82) is 0 Å². The summed E-state index contributed by atoms with van der Waals surface area (Å²) in [6.07, 6.45) is 0. The number of hydrogen-bond donors (Lipinski definition) is 1. The second kappa shape index (κ2) is 9.11. The molecule has 34 heavy (non-hydrogen) atoms. The highest BCUT2D eigenvalue weighted by Gasteiger charge is 2.26. The second-order valence-electron chi connectivity index (χ2n) is 7.90. The fraction of sp³-hybridized carbons (Fsp3) is 0.286. The van der Waals surface area contributed by atoms with Crippen LogP contribution in [0.3, 0.4) is 0 Å². The molecule has 13 heteroatoms. The number of nitro benzene ring substituents is 2. The molecule has 0 radical (unpaired) electrons. The Hall–Kier alpha value is -3.97. The zero-order chi connectivity index (χ0) is 24.6. The number of nitrogens with one attached hydrogen (secondary N) is 1. The third kappa shape index (κ3) is 4.56. The summed E-state index contributed by atoms with van der Waals surface area (Å²) in [6, 6.07) is 7.08. The molecule has 0 atom stereocenters. The van der Waals surface area contributed by atoms with Gasteiger partial charge in [-0.15, -0.1) is 0 Å². The molecule has 2 heterocycles. The zero-order valence-corrected chi connectivity index (χ0v) is 19.1. The van der Waals surface area contributed by atoms with E-state index >= 15 is 0 Å². The first-order valence-corrected chi connectivity index (χ1v) is 11.1. The van der Waals surface area contributed by atoms with Crippen LogP contribution in [0.4, 0.5) is 16.5 Å². The minimum Gasteiger partial charge on any atom is -0.336 e. The predicted molar refractivity (Wildman–Crippen MR) is 125 cm³/mol. The molecule has 1 N–H and O–H groups in total. The van der Waals surface area contributed by atoms with Crippen molar-refractivity contribution in [3.63, 3.8) is 0 Å². The highest BCUT2D eigenvalue weighted by atomic mass is 32.1. The van der Waals surface area contributed by atoms with Crippen molar-refractivity contribution < 1.29 is 19.4 Å². The standard InChI is InChI=1S/C21H20N6O6S/c1-12-16(26(30)31)9-14(10-17(12)27(32)33)19(28)23-21-22-15-4-3-13(11-18(15)34-21)20(29)25-7-5-24(2)6-8-25/h3-4,9-11H,5-8H2,1-2H3,(H,22,23,28). The highest BCUT2D eigenvalue weighted by molar-refractivity contribution is 7.22. The number of nitrogens with zero attached hydrogens (tertiary/aromatic N) is 5. The number of hydrogen-bond acceptors (Lipinski definition) is 9. The number of carbonyl (C=O) groups excluding carboxylic acids is 2. The van der Waals surface area contributed by atoms with E-state index in [0.29, 0.717) is 28.9 Å². The van der Waals surface area contributed by atoms with Crippen LogP contribution < -0.4 is 5.32 Å². The molecule has 176 valence electrons. The normalized spacial score (nSPS) is 14.2. The van der Waals surface area contributed by atoms with Crippen molar-refractivity contribution in [3.8, 4) is 0 Å². The van der Waals surface area contributed by atoms with Gasteiger partial charge in [-0.3, -0.25) is 35.1 Å². The Balaban J connectivity index is 1.57. The Labute approximate surface area is 197 Å². The van der Waals surface area contributed by atoms with Gasteiger partial charge in [-0.1, -0.05) is 11.3 Å². The van der Waals surface area contributed by atoms with Crippen molar-refractivity contribution in [2.24, 2.45) is 0 Å². The number of piperazine rings is 1. The number of thiazole rings is 1. The third-order valence-corrected chi connectivity index (χ3v) is 6.59. The molecule has 12 nitrogen and oxygen atoms in total. The summed E-state index contributed by atoms with van der Waals surface area (Å²) in [5, 5.41) is 25.3. The van der Waals surface area contributed by atoms with Gasteiger partial charge in [0.05, 0.1) is 25.6 Å². The highest BCUT2D eigenvalue weighted by Crippen LogP contribution is 2.31. The first-order chi connectivity index (χ1) is 16.1. The van der Waals surface area contributed by atoms with Gasteiger partial charge in [0.1, 0.15) is 5.56 Å². The fourth-order valence-electron chi connectivity index (χ4n) is 3.67. The molecule has 1 aromatic heterocycles. The van der Waals surface area contributed by atoms with E-state index in [-0.39, 0.29) is 22.2 Å². The molecular formula is C21H20N6O6S. The molecule has 4 rings (SSSR count). The third-order valence-electron chi connectivity index (χ3n) is 5.65. The lowest BCUT2D eigenvalue weighted by atomic mass is 10.1. The van der Waals surface area contributed by atoms with E-state index in [4.69, 9.17) is 0 Å². The molecule has 1 aliphatic heterocycles. The SMILES string of the molecule is Cc1c([N+](=O)[O-])cc(C(=O)Nc2nc3ccc(C(=O)N4CCN(C)CC4)cc3s2)cc1[N+](=O)[O-]. The number of rotatable bonds is 5. The molecule has 2 amide bonds. The lowest BCUT2D eigenvalue weighted by Crippen LogP contribution is -2.47. The molecule has 1 fully saturated rings. The molecule has 0 unspecified atom stereocenters. The van der Waals surface area contributed by atoms with Gasteiger partial charge in [0.15, 0.2) is 5.13 Å². The monoisotopic (exact) mass is 484 g/mol. The van der Waals surface area contributed by atoms with Crippen molar-refractivity contribution in [1.82, 2.24) is 14.8 Å². The zero-order valence-electron chi connectivity index (χ0n) is 18.3. The lowest BCUT2D eigenvalue weighted by Gasteiger charge is -2.32. The van der Waals surface area contributed by atoms with Crippen LogP contribution in [0, 0.1) is 27.2 Å². The number of carbonyl (C=O) groups is 2. The van der Waals surface area contributed by atoms with Crippen LogP contribution in [0.1, 0.15) is 26.3 Å². The van der Waals surface area contributed by atoms with E-state index in [9.17, 15) is 29.8 Å². The maximum absolute atomic E-state index is 12.8. The van der Waals surface area contributed by atoms with Crippen LogP contribution >= 0.6 is 11.3 Å². The first kappa shape index (κ1) is 23.2. The van der Waals surface area contributed by atoms with E-state index in [2.05, 4.69) is 15.2 Å². The van der Waals surface area contributed by atoms with Gasteiger partial charge in [-0.2, -0.15) is 0 Å². The van der Waals surface area contributed by atoms with Gasteiger partial charge < -0.3 is 9.80 Å². The lowest BCUT2D eigenvalue weighted by molar-refractivity contribution is -0.395. The average molecular weight is 484 g/mol. The summed E-state index contributed by atoms with van der Waals surface area (Å²) in [5.41, 5.74) is -0.316. The van der Waals surface area contributed by atoms with E-state index < -0.39 is 27.1 Å². The first-order valence-electron chi connectivity index (χ1n) is 10.3. The summed E-state index contributed by atoms with van der Waals surface area (Å²) in [6.45, 7) is 4.16. The van der Waals surface area contributed by atoms with E-state index in [0.717, 1.165) is 36.6 Å². The average Bonchev–Trinajstić information content (AvgIpc) is 3.20. The van der Waals surface area contributed by atoms with Crippen LogP contribution in [0.5, 0.6) is 0 Å². The fourth-order valence-corrected chi connectivity index (χ4v) is 4.57. The topological polar surface area (TPSA) is 152 Å². The largest absolute Gasteiger partial charge is 0.336 e. The molecule has 3 aromatic rings. The summed E-state index contributed by atoms with van der Waals surface area (Å²) in [5.74, 6) is -0.841. The number of amides is 2. The van der Waals surface area contributed by atoms with Gasteiger partial charge >= 0.3 is 0 Å². The Morgan fingerprint density at radius 3 is 2.21 bits per heavy atom. The van der Waals surface area contributed by atoms with Crippen molar-refractivity contribution in [3.05, 3.63) is 67.3 Å². The number of fused-ring (bicyclic) bond motifs is 1. The number of aromatic nitrogens is 1. The number of anilines is 1. The van der Waals surface area contributed by atoms with E-state index in [1.54, 1.807) is 23.1 Å². The van der Waals surface area contributed by atoms with Gasteiger partial charge in [0.25, 0.3) is 23.2 Å². The minimum absolute atomic E-state index is 0.0757. The molecule has 0 aliphatic carbocycles. The van der Waals surface area contributed by atoms with Crippen molar-refractivity contribution in [2.45, 2.75) is 6.92 Å². The van der Waals surface area contributed by atoms with Gasteiger partial charge in [0, 0.05) is 43.9 Å². The minimum atomic E-state index is -0.768. The Bertz CT molecular complexity index is 1300. The molecule has 1 aliphatic rings. The maximum atomic E-state index is 12.8. The van der Waals surface area contributed by atoms with Gasteiger partial charge in [0.2, 0.25) is 0 Å². The molecule has 1 saturated heterocycles. The molecule has 0 saturated carbocycles. The summed E-state index contributed by atoms with van der Waals surface area (Å²) in [7, 11) is 2.01. The van der Waals surface area contributed by atoms with E-state index in [1.165, 1.54) is 6.92 Å². The number of benzene rings is 2. The van der Waals surface area contributed by atoms with Crippen molar-refractivity contribution in [2.75, 3.05) is 38.5 Å². The Morgan fingerprint density at radius 1 is 1.00 bits per heavy atom. The summed E-state index contributed by atoms with van der Waals surface area (Å²) in [4.78, 5) is 54.8. The van der Waals surface area contributed by atoms with Crippen LogP contribution in [-0.4, -0.2) is 69.7 Å². The van der Waals surface area contributed by atoms with Gasteiger partial charge in [-0.25, -0.2) is 4.98 Å². The second-order valence-corrected chi connectivity index (χ2v) is 8.94. The number of nitro groups is 2. The molecule has 2 aromatic carbocycles. The smallest absolute Gasteiger partial charge is 0.279 e. The summed E-state index contributed by atoms with van der Waals surface area (Å²) >= 11 is 1.13. The quantitative estimate of drug-likeness (QED) is 0.428. The Morgan fingerprint density at radius 2 is 1.62 bits per heavy atom. The predicted octanol–water partition coefficient (Wildman–Crippen LogP) is 3.06. The summed E-state index contributed by atoms with van der Waals surface area (Å²) < 4.78 is 0.677. The Kier molecular flexibility index (Phi) is 6.22. The van der Waals surface area contributed by atoms with Crippen LogP contribution in [-0.2, 0) is 0 Å².